The maximum Gasteiger partial charge on any atom is 0.308 e. The molecule has 0 aromatic rings. The second-order valence-electron chi connectivity index (χ2n) is 5.78. The van der Waals surface area contributed by atoms with Crippen LogP contribution in [0.5, 0.6) is 0 Å². The van der Waals surface area contributed by atoms with Crippen LogP contribution < -0.4 is 0 Å². The van der Waals surface area contributed by atoms with Gasteiger partial charge in [-0.15, -0.1) is 0 Å². The molecule has 0 spiro atoms. The molecule has 0 saturated heterocycles. The van der Waals surface area contributed by atoms with Gasteiger partial charge in [0, 0.05) is 13.1 Å². The Balaban J connectivity index is 2.40. The molecule has 1 aliphatic carbocycles. The van der Waals surface area contributed by atoms with Gasteiger partial charge in [-0.25, -0.2) is 0 Å². The number of rotatable bonds is 7. The van der Waals surface area contributed by atoms with Crippen molar-refractivity contribution in [1.82, 2.24) is 4.90 Å². The van der Waals surface area contributed by atoms with Crippen molar-refractivity contribution in [1.29, 1.82) is 0 Å². The van der Waals surface area contributed by atoms with E-state index in [0.717, 1.165) is 19.3 Å². The van der Waals surface area contributed by atoms with Crippen molar-refractivity contribution >= 4 is 11.9 Å². The molecule has 1 rings (SSSR count). The van der Waals surface area contributed by atoms with E-state index in [-0.39, 0.29) is 25.2 Å². The number of hydrogen-bond acceptors (Lipinski definition) is 3. The van der Waals surface area contributed by atoms with Crippen molar-refractivity contribution in [2.45, 2.75) is 52.6 Å². The summed E-state index contributed by atoms with van der Waals surface area (Å²) in [4.78, 5) is 24.5. The smallest absolute Gasteiger partial charge is 0.308 e. The van der Waals surface area contributed by atoms with Gasteiger partial charge in [-0.2, -0.15) is 0 Å². The van der Waals surface area contributed by atoms with Crippen LogP contribution in [0.25, 0.3) is 0 Å². The second kappa shape index (κ2) is 8.25. The molecule has 5 nitrogen and oxygen atoms in total. The molecular formula is C15H27NO4. The lowest BCUT2D eigenvalue weighted by molar-refractivity contribution is -0.145. The Labute approximate surface area is 121 Å². The number of nitrogens with zero attached hydrogens (tertiary/aromatic N) is 1. The van der Waals surface area contributed by atoms with Crippen LogP contribution in [-0.4, -0.2) is 47.7 Å². The number of hydrogen-bond donors (Lipinski definition) is 1. The van der Waals surface area contributed by atoms with Gasteiger partial charge in [-0.3, -0.25) is 9.59 Å². The minimum absolute atomic E-state index is 0.0647. The molecule has 20 heavy (non-hydrogen) atoms. The van der Waals surface area contributed by atoms with E-state index in [4.69, 9.17) is 9.84 Å². The van der Waals surface area contributed by atoms with E-state index in [0.29, 0.717) is 12.5 Å². The molecule has 1 amide bonds. The Morgan fingerprint density at radius 2 is 2.00 bits per heavy atom. The fraction of sp³-hybridized carbons (Fsp3) is 0.867. The predicted molar refractivity (Wildman–Crippen MR) is 76.4 cm³/mol. The third-order valence-corrected chi connectivity index (χ3v) is 4.10. The van der Waals surface area contributed by atoms with Gasteiger partial charge in [0.1, 0.15) is 6.61 Å². The standard InChI is InChI=1S/C15H27NO4/c1-4-16(9-12(3)15(18)19)14(17)10-20-13-8-6-5-7-11(13)2/h11-13H,4-10H2,1-3H3,(H,18,19)/t11-,12+,13-/m1/s1. The molecule has 5 heteroatoms. The van der Waals surface area contributed by atoms with Crippen LogP contribution in [0.4, 0.5) is 0 Å². The van der Waals surface area contributed by atoms with Gasteiger partial charge in [-0.1, -0.05) is 26.7 Å². The zero-order valence-electron chi connectivity index (χ0n) is 12.8. The molecule has 0 bridgehead atoms. The van der Waals surface area contributed by atoms with E-state index in [1.165, 1.54) is 6.42 Å². The summed E-state index contributed by atoms with van der Waals surface area (Å²) in [5, 5.41) is 8.91. The number of likely N-dealkylation sites (N-methyl/N-ethyl adjacent to an activating group) is 1. The van der Waals surface area contributed by atoms with Crippen LogP contribution in [0.2, 0.25) is 0 Å². The molecule has 0 aromatic carbocycles. The highest BCUT2D eigenvalue weighted by Gasteiger charge is 2.24. The first-order chi connectivity index (χ1) is 9.45. The molecular weight excluding hydrogens is 258 g/mol. The largest absolute Gasteiger partial charge is 0.481 e. The van der Waals surface area contributed by atoms with E-state index < -0.39 is 11.9 Å². The first-order valence-electron chi connectivity index (χ1n) is 7.57. The Bertz CT molecular complexity index is 332. The summed E-state index contributed by atoms with van der Waals surface area (Å²) in [6.07, 6.45) is 4.75. The highest BCUT2D eigenvalue weighted by Crippen LogP contribution is 2.26. The van der Waals surface area contributed by atoms with E-state index in [2.05, 4.69) is 6.92 Å². The topological polar surface area (TPSA) is 66.8 Å². The molecule has 0 radical (unpaired) electrons. The quantitative estimate of drug-likeness (QED) is 0.778. The van der Waals surface area contributed by atoms with Crippen LogP contribution in [0.1, 0.15) is 46.5 Å². The van der Waals surface area contributed by atoms with Crippen LogP contribution in [0.15, 0.2) is 0 Å². The molecule has 1 fully saturated rings. The first-order valence-corrected chi connectivity index (χ1v) is 7.57. The van der Waals surface area contributed by atoms with Crippen molar-refractivity contribution in [3.63, 3.8) is 0 Å². The minimum atomic E-state index is -0.877. The van der Waals surface area contributed by atoms with Gasteiger partial charge >= 0.3 is 5.97 Å². The summed E-state index contributed by atoms with van der Waals surface area (Å²) in [5.41, 5.74) is 0. The molecule has 116 valence electrons. The van der Waals surface area contributed by atoms with E-state index in [1.54, 1.807) is 11.8 Å². The van der Waals surface area contributed by atoms with E-state index in [1.807, 2.05) is 6.92 Å². The number of carbonyl (C=O) groups excluding carboxylic acids is 1. The maximum atomic E-state index is 12.1. The molecule has 0 unspecified atom stereocenters. The second-order valence-corrected chi connectivity index (χ2v) is 5.78. The summed E-state index contributed by atoms with van der Waals surface area (Å²) < 4.78 is 5.74. The molecule has 0 heterocycles. The number of aliphatic carboxylic acids is 1. The lowest BCUT2D eigenvalue weighted by Crippen LogP contribution is -2.40. The summed E-state index contributed by atoms with van der Waals surface area (Å²) in [6, 6.07) is 0. The third-order valence-electron chi connectivity index (χ3n) is 4.10. The number of carboxylic acids is 1. The highest BCUT2D eigenvalue weighted by molar-refractivity contribution is 5.78. The number of amides is 1. The average Bonchev–Trinajstić information content (AvgIpc) is 2.43. The monoisotopic (exact) mass is 285 g/mol. The zero-order valence-corrected chi connectivity index (χ0v) is 12.8. The van der Waals surface area contributed by atoms with Crippen LogP contribution >= 0.6 is 0 Å². The molecule has 1 aliphatic rings. The molecule has 1 saturated carbocycles. The lowest BCUT2D eigenvalue weighted by atomic mass is 9.88. The number of ether oxygens (including phenoxy) is 1. The highest BCUT2D eigenvalue weighted by atomic mass is 16.5. The predicted octanol–water partition coefficient (Wildman–Crippen LogP) is 2.15. The van der Waals surface area contributed by atoms with Gasteiger partial charge in [0.05, 0.1) is 12.0 Å². The first kappa shape index (κ1) is 17.0. The van der Waals surface area contributed by atoms with E-state index >= 15 is 0 Å². The Morgan fingerprint density at radius 1 is 1.35 bits per heavy atom. The Morgan fingerprint density at radius 3 is 2.55 bits per heavy atom. The minimum Gasteiger partial charge on any atom is -0.481 e. The van der Waals surface area contributed by atoms with Gasteiger partial charge in [0.25, 0.3) is 0 Å². The SMILES string of the molecule is CCN(C[C@H](C)C(=O)O)C(=O)CO[C@@H]1CCCC[C@H]1C. The fourth-order valence-corrected chi connectivity index (χ4v) is 2.62. The Hall–Kier alpha value is -1.10. The molecule has 3 atom stereocenters. The molecule has 1 N–H and O–H groups in total. The summed E-state index contributed by atoms with van der Waals surface area (Å²) in [5.74, 6) is -1.03. The lowest BCUT2D eigenvalue weighted by Gasteiger charge is -2.30. The number of carboxylic acid groups (broad SMARTS) is 1. The van der Waals surface area contributed by atoms with E-state index in [9.17, 15) is 9.59 Å². The van der Waals surface area contributed by atoms with Crippen molar-refractivity contribution in [3.8, 4) is 0 Å². The van der Waals surface area contributed by atoms with Gasteiger partial charge in [0.2, 0.25) is 5.91 Å². The third kappa shape index (κ3) is 5.12. The average molecular weight is 285 g/mol. The molecule has 0 aliphatic heterocycles. The zero-order chi connectivity index (χ0) is 15.1. The van der Waals surface area contributed by atoms with Crippen molar-refractivity contribution in [2.75, 3.05) is 19.7 Å². The summed E-state index contributed by atoms with van der Waals surface area (Å²) in [6.45, 7) is 6.46. The molecule has 0 aromatic heterocycles. The van der Waals surface area contributed by atoms with Gasteiger partial charge < -0.3 is 14.7 Å². The van der Waals surface area contributed by atoms with Crippen molar-refractivity contribution in [2.24, 2.45) is 11.8 Å². The van der Waals surface area contributed by atoms with Gasteiger partial charge in [0.15, 0.2) is 0 Å². The van der Waals surface area contributed by atoms with Gasteiger partial charge in [-0.05, 0) is 25.7 Å². The fourth-order valence-electron chi connectivity index (χ4n) is 2.62. The van der Waals surface area contributed by atoms with Crippen LogP contribution in [0, 0.1) is 11.8 Å². The summed E-state index contributed by atoms with van der Waals surface area (Å²) in [7, 11) is 0. The van der Waals surface area contributed by atoms with Crippen molar-refractivity contribution < 1.29 is 19.4 Å². The van der Waals surface area contributed by atoms with Crippen molar-refractivity contribution in [3.05, 3.63) is 0 Å². The summed E-state index contributed by atoms with van der Waals surface area (Å²) >= 11 is 0. The van der Waals surface area contributed by atoms with Crippen LogP contribution in [-0.2, 0) is 14.3 Å². The maximum absolute atomic E-state index is 12.1. The number of carbonyl (C=O) groups is 2. The normalized spacial score (nSPS) is 24.1. The van der Waals surface area contributed by atoms with Crippen LogP contribution in [0.3, 0.4) is 0 Å². The Kier molecular flexibility index (Phi) is 6.99.